The van der Waals surface area contributed by atoms with E-state index in [1.807, 2.05) is 42.2 Å². The number of aromatic nitrogens is 4. The predicted molar refractivity (Wildman–Crippen MR) is 116 cm³/mol. The summed E-state index contributed by atoms with van der Waals surface area (Å²) in [6, 6.07) is 15.8. The Hall–Kier alpha value is -3.81. The van der Waals surface area contributed by atoms with E-state index in [1.54, 1.807) is 23.0 Å². The van der Waals surface area contributed by atoms with Crippen molar-refractivity contribution in [2.24, 2.45) is 0 Å². The van der Waals surface area contributed by atoms with Crippen LogP contribution < -0.4 is 4.90 Å². The lowest BCUT2D eigenvalue weighted by Gasteiger charge is -2.36. The number of carbonyl (C=O) groups excluding carboxylic acids is 1. The Morgan fingerprint density at radius 1 is 1.00 bits per heavy atom. The van der Waals surface area contributed by atoms with Crippen LogP contribution in [0.15, 0.2) is 60.8 Å². The Morgan fingerprint density at radius 3 is 2.55 bits per heavy atom. The van der Waals surface area contributed by atoms with Gasteiger partial charge in [0.05, 0.1) is 5.69 Å². The minimum atomic E-state index is -0.247. The molecule has 31 heavy (non-hydrogen) atoms. The Kier molecular flexibility index (Phi) is 4.82. The maximum absolute atomic E-state index is 13.2. The molecule has 5 rings (SSSR count). The molecule has 0 aliphatic carbocycles. The molecular formula is C23H21FN6O. The van der Waals surface area contributed by atoms with Gasteiger partial charge in [0.2, 0.25) is 0 Å². The van der Waals surface area contributed by atoms with Crippen molar-refractivity contribution in [1.82, 2.24) is 24.9 Å². The molecule has 0 N–H and O–H groups in total. The summed E-state index contributed by atoms with van der Waals surface area (Å²) in [5.41, 5.74) is 4.71. The van der Waals surface area contributed by atoms with Crippen LogP contribution in [0, 0.1) is 12.7 Å². The minimum Gasteiger partial charge on any atom is -0.368 e. The molecule has 0 radical (unpaired) electrons. The largest absolute Gasteiger partial charge is 0.368 e. The number of piperazine rings is 1. The number of anilines is 1. The van der Waals surface area contributed by atoms with Gasteiger partial charge in [-0.2, -0.15) is 4.68 Å². The normalized spacial score (nSPS) is 14.3. The number of aryl methyl sites for hydroxylation is 1. The first-order valence-electron chi connectivity index (χ1n) is 10.2. The molecule has 1 amide bonds. The van der Waals surface area contributed by atoms with Crippen LogP contribution in [-0.4, -0.2) is 57.0 Å². The van der Waals surface area contributed by atoms with E-state index in [4.69, 9.17) is 0 Å². The topological polar surface area (TPSA) is 67.2 Å². The maximum atomic E-state index is 13.2. The van der Waals surface area contributed by atoms with Crippen LogP contribution in [-0.2, 0) is 0 Å². The van der Waals surface area contributed by atoms with Gasteiger partial charge in [0.15, 0.2) is 5.65 Å². The van der Waals surface area contributed by atoms with Crippen molar-refractivity contribution < 1.29 is 9.18 Å². The molecule has 1 aliphatic rings. The lowest BCUT2D eigenvalue weighted by molar-refractivity contribution is 0.0746. The quantitative estimate of drug-likeness (QED) is 0.513. The Labute approximate surface area is 178 Å². The highest BCUT2D eigenvalue weighted by Crippen LogP contribution is 2.22. The van der Waals surface area contributed by atoms with E-state index >= 15 is 0 Å². The third-order valence-corrected chi connectivity index (χ3v) is 5.65. The zero-order valence-electron chi connectivity index (χ0n) is 17.1. The summed E-state index contributed by atoms with van der Waals surface area (Å²) in [6.45, 7) is 4.59. The number of hydrogen-bond donors (Lipinski definition) is 0. The molecule has 0 bridgehead atoms. The second-order valence-corrected chi connectivity index (χ2v) is 7.60. The molecule has 1 fully saturated rings. The zero-order valence-corrected chi connectivity index (χ0v) is 17.1. The Balaban J connectivity index is 1.36. The van der Waals surface area contributed by atoms with Crippen molar-refractivity contribution in [2.45, 2.75) is 6.92 Å². The summed E-state index contributed by atoms with van der Waals surface area (Å²) in [5.74, 6) is -0.263. The summed E-state index contributed by atoms with van der Waals surface area (Å²) < 4.78 is 14.8. The molecule has 156 valence electrons. The molecule has 0 spiro atoms. The lowest BCUT2D eigenvalue weighted by Crippen LogP contribution is -2.48. The molecule has 8 heteroatoms. The van der Waals surface area contributed by atoms with Gasteiger partial charge in [-0.25, -0.2) is 9.37 Å². The van der Waals surface area contributed by atoms with Crippen LogP contribution in [0.25, 0.3) is 16.9 Å². The highest BCUT2D eigenvalue weighted by molar-refractivity contribution is 5.95. The second-order valence-electron chi connectivity index (χ2n) is 7.60. The first-order valence-corrected chi connectivity index (χ1v) is 10.2. The molecule has 1 saturated heterocycles. The van der Waals surface area contributed by atoms with Gasteiger partial charge in [-0.3, -0.25) is 4.79 Å². The van der Waals surface area contributed by atoms with Gasteiger partial charge in [-0.15, -0.1) is 5.10 Å². The predicted octanol–water partition coefficient (Wildman–Crippen LogP) is 3.23. The molecule has 2 aromatic heterocycles. The summed E-state index contributed by atoms with van der Waals surface area (Å²) in [5, 5.41) is 8.40. The van der Waals surface area contributed by atoms with Crippen molar-refractivity contribution >= 4 is 22.8 Å². The average Bonchev–Trinajstić information content (AvgIpc) is 3.24. The summed E-state index contributed by atoms with van der Waals surface area (Å²) in [6.07, 6.45) is 1.70. The maximum Gasteiger partial charge on any atom is 0.254 e. The van der Waals surface area contributed by atoms with Gasteiger partial charge in [0.25, 0.3) is 5.91 Å². The third kappa shape index (κ3) is 3.61. The molecule has 7 nitrogen and oxygen atoms in total. The molecule has 3 heterocycles. The average molecular weight is 416 g/mol. The molecule has 2 aromatic carbocycles. The van der Waals surface area contributed by atoms with Gasteiger partial charge in [-0.05, 0) is 61.0 Å². The van der Waals surface area contributed by atoms with Crippen molar-refractivity contribution in [1.29, 1.82) is 0 Å². The number of amides is 1. The first kappa shape index (κ1) is 19.2. The fourth-order valence-corrected chi connectivity index (χ4v) is 3.90. The number of halogens is 1. The number of nitrogens with zero attached hydrogens (tertiary/aromatic N) is 6. The third-order valence-electron chi connectivity index (χ3n) is 5.65. The second kappa shape index (κ2) is 7.79. The fraction of sp³-hybridized carbons (Fsp3) is 0.217. The highest BCUT2D eigenvalue weighted by Gasteiger charge is 2.23. The monoisotopic (exact) mass is 416 g/mol. The summed E-state index contributed by atoms with van der Waals surface area (Å²) >= 11 is 0. The van der Waals surface area contributed by atoms with Crippen molar-refractivity contribution in [2.75, 3.05) is 31.1 Å². The zero-order chi connectivity index (χ0) is 21.4. The van der Waals surface area contributed by atoms with Gasteiger partial charge in [0.1, 0.15) is 11.3 Å². The van der Waals surface area contributed by atoms with Gasteiger partial charge in [0, 0.05) is 43.6 Å². The van der Waals surface area contributed by atoms with E-state index in [0.717, 1.165) is 16.9 Å². The Morgan fingerprint density at radius 2 is 1.77 bits per heavy atom. The number of rotatable bonds is 3. The van der Waals surface area contributed by atoms with E-state index < -0.39 is 0 Å². The summed E-state index contributed by atoms with van der Waals surface area (Å²) in [4.78, 5) is 21.6. The van der Waals surface area contributed by atoms with Crippen LogP contribution in [0.4, 0.5) is 10.1 Å². The van der Waals surface area contributed by atoms with Crippen LogP contribution >= 0.6 is 0 Å². The van der Waals surface area contributed by atoms with Crippen molar-refractivity contribution in [3.63, 3.8) is 0 Å². The molecule has 1 aliphatic heterocycles. The minimum absolute atomic E-state index is 0.0163. The standard InChI is InChI=1S/C23H21FN6O/c1-16-4-5-17(15-21(16)30-22-20(26-27-30)3-2-10-25-22)23(31)29-13-11-28(12-14-29)19-8-6-18(24)7-9-19/h2-10,15H,11-14H2,1H3. The Bertz CT molecular complexity index is 1240. The van der Waals surface area contributed by atoms with Gasteiger partial charge >= 0.3 is 0 Å². The number of fused-ring (bicyclic) bond motifs is 1. The molecule has 0 unspecified atom stereocenters. The van der Waals surface area contributed by atoms with E-state index in [9.17, 15) is 9.18 Å². The lowest BCUT2D eigenvalue weighted by atomic mass is 10.1. The number of hydrogen-bond acceptors (Lipinski definition) is 5. The van der Waals surface area contributed by atoms with Crippen molar-refractivity contribution in [3.05, 3.63) is 77.7 Å². The molecule has 0 saturated carbocycles. The fourth-order valence-electron chi connectivity index (χ4n) is 3.90. The molecule has 4 aromatic rings. The number of carbonyl (C=O) groups is 1. The number of pyridine rings is 1. The molecular weight excluding hydrogens is 395 g/mol. The van der Waals surface area contributed by atoms with Crippen LogP contribution in [0.2, 0.25) is 0 Å². The van der Waals surface area contributed by atoms with E-state index in [0.29, 0.717) is 42.9 Å². The smallest absolute Gasteiger partial charge is 0.254 e. The summed E-state index contributed by atoms with van der Waals surface area (Å²) in [7, 11) is 0. The van der Waals surface area contributed by atoms with E-state index in [1.165, 1.54) is 12.1 Å². The van der Waals surface area contributed by atoms with E-state index in [2.05, 4.69) is 20.2 Å². The van der Waals surface area contributed by atoms with Crippen molar-refractivity contribution in [3.8, 4) is 5.69 Å². The van der Waals surface area contributed by atoms with Crippen LogP contribution in [0.5, 0.6) is 0 Å². The van der Waals surface area contributed by atoms with Gasteiger partial charge < -0.3 is 9.80 Å². The SMILES string of the molecule is Cc1ccc(C(=O)N2CCN(c3ccc(F)cc3)CC2)cc1-n1nnc2cccnc21. The number of benzene rings is 2. The first-order chi connectivity index (χ1) is 15.1. The van der Waals surface area contributed by atoms with Crippen LogP contribution in [0.3, 0.4) is 0 Å². The van der Waals surface area contributed by atoms with Crippen LogP contribution in [0.1, 0.15) is 15.9 Å². The van der Waals surface area contributed by atoms with Gasteiger partial charge in [-0.1, -0.05) is 11.3 Å². The van der Waals surface area contributed by atoms with E-state index in [-0.39, 0.29) is 11.7 Å². The molecule has 0 atom stereocenters. The highest BCUT2D eigenvalue weighted by atomic mass is 19.1.